The highest BCUT2D eigenvalue weighted by Gasteiger charge is 2.38. The Morgan fingerprint density at radius 2 is 1.78 bits per heavy atom. The van der Waals surface area contributed by atoms with Crippen molar-refractivity contribution in [2.24, 2.45) is 5.73 Å². The fourth-order valence-electron chi connectivity index (χ4n) is 4.36. The number of aliphatic hydroxyl groups is 1. The summed E-state index contributed by atoms with van der Waals surface area (Å²) in [6.07, 6.45) is 1.93. The molecule has 1 aliphatic heterocycles. The number of nitrogens with two attached hydrogens (primary N) is 1. The fraction of sp³-hybridized carbons (Fsp3) is 0.458. The molecule has 1 aliphatic rings. The van der Waals surface area contributed by atoms with E-state index in [-0.39, 0.29) is 32.2 Å². The maximum atomic E-state index is 13.3. The Balaban J connectivity index is 1.79. The maximum absolute atomic E-state index is 13.3. The number of nitrogens with one attached hydrogen (secondary N) is 3. The summed E-state index contributed by atoms with van der Waals surface area (Å²) < 4.78 is 0. The number of hydrogen-bond acceptors (Lipinski definition) is 7. The van der Waals surface area contributed by atoms with Crippen LogP contribution in [0, 0.1) is 0 Å². The summed E-state index contributed by atoms with van der Waals surface area (Å²) in [5, 5.41) is 33.8. The van der Waals surface area contributed by atoms with Crippen molar-refractivity contribution >= 4 is 40.6 Å². The Morgan fingerprint density at radius 3 is 2.46 bits per heavy atom. The molecular weight excluding hydrogens is 486 g/mol. The number of carboxylic acid groups (broad SMARTS) is 2. The van der Waals surface area contributed by atoms with Gasteiger partial charge in [0, 0.05) is 36.5 Å². The summed E-state index contributed by atoms with van der Waals surface area (Å²) in [6, 6.07) is 2.42. The van der Waals surface area contributed by atoms with Crippen molar-refractivity contribution in [3.05, 3.63) is 36.0 Å². The van der Waals surface area contributed by atoms with Crippen LogP contribution in [-0.4, -0.2) is 92.2 Å². The predicted octanol–water partition coefficient (Wildman–Crippen LogP) is -1.06. The number of likely N-dealkylation sites (tertiary alicyclic amines) is 1. The van der Waals surface area contributed by atoms with E-state index in [9.17, 15) is 34.2 Å². The number of hydrogen-bond donors (Lipinski definition) is 7. The van der Waals surface area contributed by atoms with Crippen LogP contribution in [0.15, 0.2) is 30.5 Å². The number of nitrogens with zero attached hydrogens (tertiary/aromatic N) is 1. The number of aliphatic hydroxyl groups excluding tert-OH is 1. The monoisotopic (exact) mass is 517 g/mol. The normalized spacial score (nSPS) is 17.7. The molecule has 3 amide bonds. The van der Waals surface area contributed by atoms with Gasteiger partial charge >= 0.3 is 11.9 Å². The van der Waals surface area contributed by atoms with Gasteiger partial charge in [-0.25, -0.2) is 4.79 Å². The molecule has 0 aliphatic carbocycles. The molecule has 2 heterocycles. The number of amides is 3. The zero-order valence-electron chi connectivity index (χ0n) is 20.1. The average Bonchev–Trinajstić information content (AvgIpc) is 3.52. The smallest absolute Gasteiger partial charge is 0.326 e. The van der Waals surface area contributed by atoms with Gasteiger partial charge in [0.1, 0.15) is 18.1 Å². The van der Waals surface area contributed by atoms with Crippen molar-refractivity contribution in [3.8, 4) is 0 Å². The molecule has 4 unspecified atom stereocenters. The van der Waals surface area contributed by atoms with Crippen molar-refractivity contribution < 1.29 is 39.3 Å². The lowest BCUT2D eigenvalue weighted by molar-refractivity contribution is -0.150. The maximum Gasteiger partial charge on any atom is 0.326 e. The minimum Gasteiger partial charge on any atom is -0.481 e. The Kier molecular flexibility index (Phi) is 9.20. The predicted molar refractivity (Wildman–Crippen MR) is 130 cm³/mol. The SMILES string of the molecule is NC(CCC(=O)O)C(=O)NC(Cc1c[nH]c2ccccc12)C(=O)NC(CO)C(=O)N1CCCC1C(=O)O. The van der Waals surface area contributed by atoms with Gasteiger partial charge in [0.15, 0.2) is 0 Å². The van der Waals surface area contributed by atoms with Crippen LogP contribution in [0.2, 0.25) is 0 Å². The van der Waals surface area contributed by atoms with Crippen molar-refractivity contribution in [1.82, 2.24) is 20.5 Å². The van der Waals surface area contributed by atoms with Gasteiger partial charge in [0.05, 0.1) is 12.6 Å². The van der Waals surface area contributed by atoms with E-state index >= 15 is 0 Å². The summed E-state index contributed by atoms with van der Waals surface area (Å²) >= 11 is 0. The summed E-state index contributed by atoms with van der Waals surface area (Å²) in [5.41, 5.74) is 7.30. The lowest BCUT2D eigenvalue weighted by Gasteiger charge is -2.28. The van der Waals surface area contributed by atoms with Crippen LogP contribution in [0.5, 0.6) is 0 Å². The van der Waals surface area contributed by atoms with Crippen LogP contribution in [-0.2, 0) is 30.4 Å². The van der Waals surface area contributed by atoms with Crippen LogP contribution >= 0.6 is 0 Å². The third-order valence-electron chi connectivity index (χ3n) is 6.36. The van der Waals surface area contributed by atoms with E-state index in [1.807, 2.05) is 24.3 Å². The number of rotatable bonds is 12. The molecule has 0 spiro atoms. The zero-order chi connectivity index (χ0) is 27.1. The lowest BCUT2D eigenvalue weighted by atomic mass is 10.0. The fourth-order valence-corrected chi connectivity index (χ4v) is 4.36. The van der Waals surface area contributed by atoms with Crippen molar-refractivity contribution in [1.29, 1.82) is 0 Å². The summed E-state index contributed by atoms with van der Waals surface area (Å²) in [5.74, 6) is -4.58. The average molecular weight is 518 g/mol. The number of carbonyl (C=O) groups excluding carboxylic acids is 3. The van der Waals surface area contributed by atoms with Gasteiger partial charge in [0.25, 0.3) is 0 Å². The number of fused-ring (bicyclic) bond motifs is 1. The Labute approximate surface area is 212 Å². The first-order valence-corrected chi connectivity index (χ1v) is 11.9. The van der Waals surface area contributed by atoms with E-state index < -0.39 is 60.4 Å². The van der Waals surface area contributed by atoms with E-state index in [4.69, 9.17) is 10.8 Å². The molecule has 0 radical (unpaired) electrons. The number of benzene rings is 1. The quantitative estimate of drug-likeness (QED) is 0.182. The number of aromatic amines is 1. The second kappa shape index (κ2) is 12.3. The van der Waals surface area contributed by atoms with Crippen molar-refractivity contribution in [2.75, 3.05) is 13.2 Å². The molecule has 2 aromatic rings. The topological polar surface area (TPSA) is 215 Å². The van der Waals surface area contributed by atoms with Crippen LogP contribution in [0.3, 0.4) is 0 Å². The van der Waals surface area contributed by atoms with E-state index in [1.165, 1.54) is 0 Å². The van der Waals surface area contributed by atoms with Crippen LogP contribution in [0.25, 0.3) is 10.9 Å². The Morgan fingerprint density at radius 1 is 1.08 bits per heavy atom. The molecule has 200 valence electrons. The highest BCUT2D eigenvalue weighted by molar-refractivity contribution is 5.95. The molecule has 0 bridgehead atoms. The Bertz CT molecular complexity index is 1160. The highest BCUT2D eigenvalue weighted by atomic mass is 16.4. The van der Waals surface area contributed by atoms with E-state index in [2.05, 4.69) is 15.6 Å². The van der Waals surface area contributed by atoms with Crippen LogP contribution < -0.4 is 16.4 Å². The molecule has 0 saturated carbocycles. The van der Waals surface area contributed by atoms with Gasteiger partial charge in [0.2, 0.25) is 17.7 Å². The first kappa shape index (κ1) is 27.6. The molecule has 13 heteroatoms. The number of H-pyrrole nitrogens is 1. The molecule has 3 rings (SSSR count). The summed E-state index contributed by atoms with van der Waals surface area (Å²) in [7, 11) is 0. The van der Waals surface area contributed by atoms with Crippen molar-refractivity contribution in [2.45, 2.75) is 56.3 Å². The highest BCUT2D eigenvalue weighted by Crippen LogP contribution is 2.20. The molecule has 1 fully saturated rings. The Hall–Kier alpha value is -3.97. The van der Waals surface area contributed by atoms with E-state index in [1.54, 1.807) is 6.20 Å². The molecule has 4 atom stereocenters. The minimum atomic E-state index is -1.42. The van der Waals surface area contributed by atoms with E-state index in [0.29, 0.717) is 12.0 Å². The standard InChI is InChI=1S/C24H31N5O8/c25-15(7-8-20(31)32)21(33)27-17(10-13-11-26-16-5-2-1-4-14(13)16)22(34)28-18(12-30)23(35)29-9-3-6-19(29)24(36)37/h1-2,4-5,11,15,17-19,26,30H,3,6-10,12,25H2,(H,27,33)(H,28,34)(H,31,32)(H,36,37). The third kappa shape index (κ3) is 6.83. The minimum absolute atomic E-state index is 0.00103. The second-order valence-corrected chi connectivity index (χ2v) is 8.94. The van der Waals surface area contributed by atoms with Gasteiger partial charge in [-0.1, -0.05) is 18.2 Å². The molecule has 8 N–H and O–H groups in total. The number of para-hydroxylation sites is 1. The molecule has 1 aromatic heterocycles. The van der Waals surface area contributed by atoms with Gasteiger partial charge in [-0.15, -0.1) is 0 Å². The number of carboxylic acids is 2. The van der Waals surface area contributed by atoms with Gasteiger partial charge < -0.3 is 41.6 Å². The first-order valence-electron chi connectivity index (χ1n) is 11.9. The molecule has 1 saturated heterocycles. The van der Waals surface area contributed by atoms with Gasteiger partial charge in [-0.3, -0.25) is 19.2 Å². The largest absolute Gasteiger partial charge is 0.481 e. The molecule has 37 heavy (non-hydrogen) atoms. The third-order valence-corrected chi connectivity index (χ3v) is 6.36. The van der Waals surface area contributed by atoms with Crippen LogP contribution in [0.1, 0.15) is 31.2 Å². The molecule has 1 aromatic carbocycles. The number of aromatic nitrogens is 1. The second-order valence-electron chi connectivity index (χ2n) is 8.94. The molecule has 13 nitrogen and oxygen atoms in total. The van der Waals surface area contributed by atoms with Gasteiger partial charge in [-0.05, 0) is 30.9 Å². The zero-order valence-corrected chi connectivity index (χ0v) is 20.1. The van der Waals surface area contributed by atoms with E-state index in [0.717, 1.165) is 15.8 Å². The number of carbonyl (C=O) groups is 5. The molecular formula is C24H31N5O8. The van der Waals surface area contributed by atoms with Crippen LogP contribution in [0.4, 0.5) is 0 Å². The number of aliphatic carboxylic acids is 2. The summed E-state index contributed by atoms with van der Waals surface area (Å²) in [6.45, 7) is -0.602. The van der Waals surface area contributed by atoms with Gasteiger partial charge in [-0.2, -0.15) is 0 Å². The summed E-state index contributed by atoms with van der Waals surface area (Å²) in [4.78, 5) is 65.4. The van der Waals surface area contributed by atoms with Crippen molar-refractivity contribution in [3.63, 3.8) is 0 Å². The first-order chi connectivity index (χ1) is 17.6. The lowest BCUT2D eigenvalue weighted by Crippen LogP contribution is -2.58.